The molecule has 0 aliphatic carbocycles. The second-order valence-electron chi connectivity index (χ2n) is 4.89. The van der Waals surface area contributed by atoms with Gasteiger partial charge in [-0.1, -0.05) is 13.3 Å². The highest BCUT2D eigenvalue weighted by Gasteiger charge is 2.47. The van der Waals surface area contributed by atoms with Crippen molar-refractivity contribution in [1.29, 1.82) is 0 Å². The quantitative estimate of drug-likeness (QED) is 0.580. The van der Waals surface area contributed by atoms with Crippen LogP contribution in [-0.2, 0) is 0 Å². The summed E-state index contributed by atoms with van der Waals surface area (Å²) in [5, 5.41) is 0. The van der Waals surface area contributed by atoms with Gasteiger partial charge >= 0.3 is 0 Å². The zero-order chi connectivity index (χ0) is 8.77. The Balaban J connectivity index is 2.12. The highest BCUT2D eigenvalue weighted by molar-refractivity contribution is 5.03. The van der Waals surface area contributed by atoms with Gasteiger partial charge in [-0.3, -0.25) is 4.90 Å². The Morgan fingerprint density at radius 3 is 2.75 bits per heavy atom. The van der Waals surface area contributed by atoms with Crippen molar-refractivity contribution in [3.8, 4) is 0 Å². The van der Waals surface area contributed by atoms with E-state index in [1.54, 1.807) is 0 Å². The second-order valence-corrected chi connectivity index (χ2v) is 4.89. The van der Waals surface area contributed by atoms with Crippen LogP contribution in [0.2, 0.25) is 0 Å². The summed E-state index contributed by atoms with van der Waals surface area (Å²) < 4.78 is 0. The van der Waals surface area contributed by atoms with Crippen LogP contribution in [0.25, 0.3) is 0 Å². The van der Waals surface area contributed by atoms with Gasteiger partial charge in [-0.2, -0.15) is 0 Å². The predicted molar refractivity (Wildman–Crippen MR) is 52.3 cm³/mol. The number of hydrogen-bond acceptors (Lipinski definition) is 1. The molecule has 0 aromatic rings. The van der Waals surface area contributed by atoms with Crippen molar-refractivity contribution < 1.29 is 0 Å². The first-order valence-electron chi connectivity index (χ1n) is 5.46. The minimum absolute atomic E-state index is 0.542. The van der Waals surface area contributed by atoms with Crippen molar-refractivity contribution in [2.24, 2.45) is 0 Å². The predicted octanol–water partition coefficient (Wildman–Crippen LogP) is 2.80. The van der Waals surface area contributed by atoms with Crippen molar-refractivity contribution in [2.45, 2.75) is 70.5 Å². The normalized spacial score (nSPS) is 48.2. The van der Waals surface area contributed by atoms with Crippen LogP contribution in [0.3, 0.4) is 0 Å². The lowest BCUT2D eigenvalue weighted by Gasteiger charge is -2.60. The summed E-state index contributed by atoms with van der Waals surface area (Å²) in [6.07, 6.45) is 7.12. The molecule has 1 heteroatoms. The molecule has 0 spiro atoms. The molecule has 2 fully saturated rings. The van der Waals surface area contributed by atoms with Crippen molar-refractivity contribution >= 4 is 0 Å². The van der Waals surface area contributed by atoms with E-state index in [0.29, 0.717) is 5.54 Å². The van der Waals surface area contributed by atoms with Crippen LogP contribution in [0.1, 0.15) is 52.9 Å². The summed E-state index contributed by atoms with van der Waals surface area (Å²) in [6, 6.07) is 1.80. The van der Waals surface area contributed by atoms with Gasteiger partial charge in [-0.15, -0.1) is 0 Å². The lowest BCUT2D eigenvalue weighted by Crippen LogP contribution is -2.66. The molecule has 2 heterocycles. The van der Waals surface area contributed by atoms with Gasteiger partial charge in [0.15, 0.2) is 0 Å². The highest BCUT2D eigenvalue weighted by atomic mass is 15.3. The first kappa shape index (κ1) is 8.55. The van der Waals surface area contributed by atoms with Gasteiger partial charge in [0.1, 0.15) is 0 Å². The Morgan fingerprint density at radius 2 is 2.25 bits per heavy atom. The first-order valence-corrected chi connectivity index (χ1v) is 5.46. The van der Waals surface area contributed by atoms with Gasteiger partial charge in [-0.05, 0) is 39.5 Å². The van der Waals surface area contributed by atoms with Gasteiger partial charge in [0, 0.05) is 17.6 Å². The number of piperidine rings is 1. The Hall–Kier alpha value is -0.0400. The maximum atomic E-state index is 2.77. The van der Waals surface area contributed by atoms with E-state index in [4.69, 9.17) is 0 Å². The second kappa shape index (κ2) is 2.73. The van der Waals surface area contributed by atoms with E-state index >= 15 is 0 Å². The SMILES string of the molecule is CCC1(C)CCCC2CC(C)N21. The van der Waals surface area contributed by atoms with E-state index in [9.17, 15) is 0 Å². The Bertz CT molecular complexity index is 176. The van der Waals surface area contributed by atoms with Crippen molar-refractivity contribution in [2.75, 3.05) is 0 Å². The molecule has 0 aromatic heterocycles. The van der Waals surface area contributed by atoms with Crippen LogP contribution in [-0.4, -0.2) is 22.5 Å². The molecule has 0 saturated carbocycles. The fourth-order valence-corrected chi connectivity index (χ4v) is 3.28. The zero-order valence-electron chi connectivity index (χ0n) is 8.64. The van der Waals surface area contributed by atoms with Gasteiger partial charge in [0.05, 0.1) is 0 Å². The third kappa shape index (κ3) is 1.02. The Labute approximate surface area is 76.1 Å². The number of rotatable bonds is 1. The van der Waals surface area contributed by atoms with Gasteiger partial charge < -0.3 is 0 Å². The van der Waals surface area contributed by atoms with Crippen LogP contribution >= 0.6 is 0 Å². The molecule has 0 aromatic carbocycles. The van der Waals surface area contributed by atoms with Crippen LogP contribution in [0.15, 0.2) is 0 Å². The van der Waals surface area contributed by atoms with Gasteiger partial charge in [0.2, 0.25) is 0 Å². The van der Waals surface area contributed by atoms with Gasteiger partial charge in [-0.25, -0.2) is 0 Å². The Kier molecular flexibility index (Phi) is 1.95. The van der Waals surface area contributed by atoms with Crippen molar-refractivity contribution in [3.05, 3.63) is 0 Å². The minimum atomic E-state index is 0.542. The third-order valence-electron chi connectivity index (χ3n) is 4.12. The monoisotopic (exact) mass is 167 g/mol. The standard InChI is InChI=1S/C11H21N/c1-4-11(3)7-5-6-10-8-9(2)12(10)11/h9-10H,4-8H2,1-3H3. The Morgan fingerprint density at radius 1 is 1.50 bits per heavy atom. The summed E-state index contributed by atoms with van der Waals surface area (Å²) in [6.45, 7) is 7.18. The largest absolute Gasteiger partial charge is 0.292 e. The molecule has 0 bridgehead atoms. The average molecular weight is 167 g/mol. The number of hydrogen-bond donors (Lipinski definition) is 0. The summed E-state index contributed by atoms with van der Waals surface area (Å²) in [5.41, 5.74) is 0.542. The van der Waals surface area contributed by atoms with Crippen LogP contribution in [0, 0.1) is 0 Å². The van der Waals surface area contributed by atoms with E-state index in [-0.39, 0.29) is 0 Å². The molecule has 1 nitrogen and oxygen atoms in total. The summed E-state index contributed by atoms with van der Waals surface area (Å²) >= 11 is 0. The van der Waals surface area contributed by atoms with E-state index < -0.39 is 0 Å². The van der Waals surface area contributed by atoms with E-state index in [0.717, 1.165) is 12.1 Å². The number of fused-ring (bicyclic) bond motifs is 1. The van der Waals surface area contributed by atoms with Crippen molar-refractivity contribution in [3.63, 3.8) is 0 Å². The van der Waals surface area contributed by atoms with E-state index in [2.05, 4.69) is 25.7 Å². The summed E-state index contributed by atoms with van der Waals surface area (Å²) in [7, 11) is 0. The highest BCUT2D eigenvalue weighted by Crippen LogP contribution is 2.44. The molecule has 0 amide bonds. The molecular formula is C11H21N. The lowest BCUT2D eigenvalue weighted by atomic mass is 9.74. The van der Waals surface area contributed by atoms with Crippen LogP contribution in [0.5, 0.6) is 0 Å². The van der Waals surface area contributed by atoms with Crippen LogP contribution in [0.4, 0.5) is 0 Å². The van der Waals surface area contributed by atoms with E-state index in [1.807, 2.05) is 0 Å². The van der Waals surface area contributed by atoms with Gasteiger partial charge in [0.25, 0.3) is 0 Å². The molecule has 2 rings (SSSR count). The maximum absolute atomic E-state index is 2.77. The topological polar surface area (TPSA) is 3.24 Å². The summed E-state index contributed by atoms with van der Waals surface area (Å²) in [5.74, 6) is 0. The maximum Gasteiger partial charge on any atom is 0.0184 e. The fourth-order valence-electron chi connectivity index (χ4n) is 3.28. The molecule has 0 radical (unpaired) electrons. The molecule has 3 atom stereocenters. The van der Waals surface area contributed by atoms with Crippen LogP contribution < -0.4 is 0 Å². The number of nitrogens with zero attached hydrogens (tertiary/aromatic N) is 1. The van der Waals surface area contributed by atoms with E-state index in [1.165, 1.54) is 32.1 Å². The minimum Gasteiger partial charge on any atom is -0.292 e. The molecule has 3 unspecified atom stereocenters. The molecule has 2 aliphatic heterocycles. The fraction of sp³-hybridized carbons (Fsp3) is 1.00. The zero-order valence-corrected chi connectivity index (χ0v) is 8.64. The molecule has 0 N–H and O–H groups in total. The lowest BCUT2D eigenvalue weighted by molar-refractivity contribution is -0.0996. The molecule has 12 heavy (non-hydrogen) atoms. The molecule has 2 aliphatic rings. The molecule has 70 valence electrons. The molecule has 2 saturated heterocycles. The summed E-state index contributed by atoms with van der Waals surface area (Å²) in [4.78, 5) is 2.77. The smallest absolute Gasteiger partial charge is 0.0184 e. The third-order valence-corrected chi connectivity index (χ3v) is 4.12. The first-order chi connectivity index (χ1) is 5.67. The van der Waals surface area contributed by atoms with Crippen molar-refractivity contribution in [1.82, 2.24) is 4.90 Å². The average Bonchev–Trinajstić information content (AvgIpc) is 2.02. The molecular weight excluding hydrogens is 146 g/mol.